The average molecular weight is 473 g/mol. The van der Waals surface area contributed by atoms with Crippen LogP contribution in [-0.2, 0) is 14.4 Å². The average Bonchev–Trinajstić information content (AvgIpc) is 3.03. The highest BCUT2D eigenvalue weighted by Gasteiger charge is 2.45. The van der Waals surface area contributed by atoms with E-state index >= 15 is 0 Å². The minimum Gasteiger partial charge on any atom is -0.507 e. The van der Waals surface area contributed by atoms with Gasteiger partial charge in [0.15, 0.2) is 0 Å². The number of hydrogen-bond acceptors (Lipinski definition) is 6. The number of carboxylic acids is 1. The summed E-state index contributed by atoms with van der Waals surface area (Å²) in [4.78, 5) is 48.1. The molecule has 172 valence electrons. The van der Waals surface area contributed by atoms with Crippen LogP contribution in [0.15, 0.2) is 54.1 Å². The van der Waals surface area contributed by atoms with Crippen LogP contribution < -0.4 is 0 Å². The first kappa shape index (κ1) is 23.9. The van der Waals surface area contributed by atoms with Gasteiger partial charge in [-0.05, 0) is 42.7 Å². The molecular weight excluding hydrogens is 452 g/mol. The molecule has 0 aliphatic carbocycles. The fourth-order valence-corrected chi connectivity index (χ4v) is 3.86. The number of non-ortho nitro benzene ring substituents is 1. The summed E-state index contributed by atoms with van der Waals surface area (Å²) >= 11 is 5.98. The lowest BCUT2D eigenvalue weighted by Crippen LogP contribution is -2.30. The maximum Gasteiger partial charge on any atom is 0.303 e. The summed E-state index contributed by atoms with van der Waals surface area (Å²) in [6.07, 6.45) is 1.47. The van der Waals surface area contributed by atoms with Gasteiger partial charge in [0.1, 0.15) is 5.76 Å². The van der Waals surface area contributed by atoms with E-state index in [1.54, 1.807) is 24.3 Å². The van der Waals surface area contributed by atoms with Gasteiger partial charge in [0, 0.05) is 35.7 Å². The second-order valence-electron chi connectivity index (χ2n) is 7.55. The number of Topliss-reactive ketones (excluding diaryl/α,β-unsaturated/α-hetero) is 1. The Morgan fingerprint density at radius 3 is 2.21 bits per heavy atom. The number of carbonyl (C=O) groups excluding carboxylic acids is 2. The first-order chi connectivity index (χ1) is 15.7. The molecule has 0 saturated carbocycles. The third kappa shape index (κ3) is 5.38. The number of halogens is 1. The Bertz CT molecular complexity index is 1110. The molecule has 1 saturated heterocycles. The van der Waals surface area contributed by atoms with Crippen LogP contribution in [0.5, 0.6) is 0 Å². The van der Waals surface area contributed by atoms with Gasteiger partial charge < -0.3 is 15.1 Å². The lowest BCUT2D eigenvalue weighted by molar-refractivity contribution is -0.384. The van der Waals surface area contributed by atoms with Gasteiger partial charge in [0.2, 0.25) is 0 Å². The number of unbranched alkanes of at least 4 members (excludes halogenated alkanes) is 2. The lowest BCUT2D eigenvalue weighted by atomic mass is 9.95. The molecule has 1 atom stereocenters. The van der Waals surface area contributed by atoms with Crippen molar-refractivity contribution in [2.75, 3.05) is 6.54 Å². The highest BCUT2D eigenvalue weighted by Crippen LogP contribution is 2.40. The first-order valence-electron chi connectivity index (χ1n) is 10.2. The fraction of sp³-hybridized carbons (Fsp3) is 0.261. The number of hydrogen-bond donors (Lipinski definition) is 2. The molecule has 0 spiro atoms. The van der Waals surface area contributed by atoms with E-state index in [-0.39, 0.29) is 29.8 Å². The van der Waals surface area contributed by atoms with Gasteiger partial charge in [0.25, 0.3) is 17.4 Å². The number of likely N-dealkylation sites (tertiary alicyclic amines) is 1. The molecule has 1 aliphatic heterocycles. The molecule has 0 aromatic heterocycles. The number of nitro groups is 1. The van der Waals surface area contributed by atoms with E-state index < -0.39 is 34.4 Å². The molecule has 9 nitrogen and oxygen atoms in total. The molecule has 2 aromatic carbocycles. The third-order valence-corrected chi connectivity index (χ3v) is 5.62. The van der Waals surface area contributed by atoms with Gasteiger partial charge in [-0.25, -0.2) is 0 Å². The minimum atomic E-state index is -0.903. The Balaban J connectivity index is 1.97. The van der Waals surface area contributed by atoms with E-state index in [1.165, 1.54) is 29.2 Å². The molecule has 3 rings (SSSR count). The van der Waals surface area contributed by atoms with Gasteiger partial charge in [-0.3, -0.25) is 24.5 Å². The lowest BCUT2D eigenvalue weighted by Gasteiger charge is -2.25. The fourth-order valence-electron chi connectivity index (χ4n) is 3.73. The van der Waals surface area contributed by atoms with E-state index in [4.69, 9.17) is 16.7 Å². The van der Waals surface area contributed by atoms with Crippen LogP contribution in [0.4, 0.5) is 5.69 Å². The number of benzene rings is 2. The van der Waals surface area contributed by atoms with Gasteiger partial charge >= 0.3 is 5.97 Å². The standard InChI is InChI=1S/C23H21ClN2O7/c24-16-9-5-14(6-10-16)20-19(21(29)15-7-11-17(12-8-15)26(32)33)22(30)23(31)25(20)13-3-1-2-4-18(27)28/h5-12,20,29H,1-4,13H2,(H,27,28). The van der Waals surface area contributed by atoms with E-state index in [0.29, 0.717) is 29.8 Å². The van der Waals surface area contributed by atoms with E-state index in [0.717, 1.165) is 0 Å². The molecule has 1 fully saturated rings. The summed E-state index contributed by atoms with van der Waals surface area (Å²) in [5.41, 5.74) is 0.427. The SMILES string of the molecule is O=C(O)CCCCCN1C(=O)C(=O)C(=C(O)c2ccc([N+](=O)[O-])cc2)C1c1ccc(Cl)cc1. The number of aliphatic carboxylic acids is 1. The zero-order valence-electron chi connectivity index (χ0n) is 17.4. The number of nitro benzene ring substituents is 1. The Kier molecular flexibility index (Phi) is 7.44. The zero-order valence-corrected chi connectivity index (χ0v) is 18.2. The molecule has 1 unspecified atom stereocenters. The van der Waals surface area contributed by atoms with Crippen LogP contribution in [0, 0.1) is 10.1 Å². The summed E-state index contributed by atoms with van der Waals surface area (Å²) in [6, 6.07) is 10.7. The van der Waals surface area contributed by atoms with Crippen LogP contribution >= 0.6 is 11.6 Å². The number of carbonyl (C=O) groups is 3. The number of aliphatic hydroxyl groups is 1. The first-order valence-corrected chi connectivity index (χ1v) is 10.6. The summed E-state index contributed by atoms with van der Waals surface area (Å²) in [6.45, 7) is 0.189. The summed E-state index contributed by atoms with van der Waals surface area (Å²) < 4.78 is 0. The molecule has 0 bridgehead atoms. The summed E-state index contributed by atoms with van der Waals surface area (Å²) in [5.74, 6) is -2.98. The summed E-state index contributed by atoms with van der Waals surface area (Å²) in [7, 11) is 0. The maximum absolute atomic E-state index is 12.9. The maximum atomic E-state index is 12.9. The molecule has 2 aromatic rings. The van der Waals surface area contributed by atoms with Crippen molar-refractivity contribution in [3.8, 4) is 0 Å². The minimum absolute atomic E-state index is 0.0135. The number of carboxylic acid groups (broad SMARTS) is 1. The van der Waals surface area contributed by atoms with Crippen molar-refractivity contribution in [1.82, 2.24) is 4.90 Å². The zero-order chi connectivity index (χ0) is 24.1. The Hall–Kier alpha value is -3.72. The molecule has 1 amide bonds. The topological polar surface area (TPSA) is 138 Å². The van der Waals surface area contributed by atoms with Crippen molar-refractivity contribution >= 4 is 40.7 Å². The van der Waals surface area contributed by atoms with Crippen LogP contribution in [0.3, 0.4) is 0 Å². The van der Waals surface area contributed by atoms with E-state index in [2.05, 4.69) is 0 Å². The highest BCUT2D eigenvalue weighted by atomic mass is 35.5. The van der Waals surface area contributed by atoms with E-state index in [9.17, 15) is 29.6 Å². The molecule has 1 heterocycles. The Labute approximate surface area is 194 Å². The van der Waals surface area contributed by atoms with Crippen LogP contribution in [0.1, 0.15) is 42.9 Å². The number of nitrogens with zero attached hydrogens (tertiary/aromatic N) is 2. The number of amides is 1. The van der Waals surface area contributed by atoms with E-state index in [1.807, 2.05) is 0 Å². The Morgan fingerprint density at radius 1 is 1.00 bits per heavy atom. The second kappa shape index (κ2) is 10.3. The highest BCUT2D eigenvalue weighted by molar-refractivity contribution is 6.46. The van der Waals surface area contributed by atoms with Gasteiger partial charge in [-0.2, -0.15) is 0 Å². The van der Waals surface area contributed by atoms with Crippen molar-refractivity contribution < 1.29 is 29.5 Å². The molecule has 2 N–H and O–H groups in total. The predicted octanol–water partition coefficient (Wildman–Crippen LogP) is 4.31. The normalized spacial score (nSPS) is 17.4. The predicted molar refractivity (Wildman–Crippen MR) is 120 cm³/mol. The quantitative estimate of drug-likeness (QED) is 0.138. The molecule has 0 radical (unpaired) electrons. The number of ketones is 1. The van der Waals surface area contributed by atoms with Gasteiger partial charge in [-0.1, -0.05) is 30.2 Å². The molecular formula is C23H21ClN2O7. The van der Waals surface area contributed by atoms with Crippen LogP contribution in [-0.4, -0.2) is 44.2 Å². The van der Waals surface area contributed by atoms with Crippen molar-refractivity contribution in [3.05, 3.63) is 80.4 Å². The second-order valence-corrected chi connectivity index (χ2v) is 7.99. The van der Waals surface area contributed by atoms with Crippen molar-refractivity contribution in [1.29, 1.82) is 0 Å². The molecule has 33 heavy (non-hydrogen) atoms. The van der Waals surface area contributed by atoms with Gasteiger partial charge in [-0.15, -0.1) is 0 Å². The van der Waals surface area contributed by atoms with Crippen LogP contribution in [0.2, 0.25) is 5.02 Å². The monoisotopic (exact) mass is 472 g/mol. The third-order valence-electron chi connectivity index (χ3n) is 5.37. The number of rotatable bonds is 9. The van der Waals surface area contributed by atoms with Crippen LogP contribution in [0.25, 0.3) is 5.76 Å². The Morgan fingerprint density at radius 2 is 1.64 bits per heavy atom. The van der Waals surface area contributed by atoms with Crippen molar-refractivity contribution in [3.63, 3.8) is 0 Å². The molecule has 1 aliphatic rings. The van der Waals surface area contributed by atoms with Crippen molar-refractivity contribution in [2.45, 2.75) is 31.7 Å². The number of aliphatic hydroxyl groups excluding tert-OH is 1. The summed E-state index contributed by atoms with van der Waals surface area (Å²) in [5, 5.41) is 31.1. The van der Waals surface area contributed by atoms with Crippen molar-refractivity contribution in [2.24, 2.45) is 0 Å². The molecule has 10 heteroatoms. The largest absolute Gasteiger partial charge is 0.507 e. The smallest absolute Gasteiger partial charge is 0.303 e. The van der Waals surface area contributed by atoms with Gasteiger partial charge in [0.05, 0.1) is 16.5 Å².